The van der Waals surface area contributed by atoms with E-state index in [2.05, 4.69) is 20.8 Å². The fourth-order valence-electron chi connectivity index (χ4n) is 3.44. The number of tetrazole rings is 1. The molecule has 0 radical (unpaired) electrons. The zero-order chi connectivity index (χ0) is 20.8. The molecule has 1 aliphatic rings. The molecule has 4 rings (SSSR count). The molecule has 1 heterocycles. The summed E-state index contributed by atoms with van der Waals surface area (Å²) in [5.74, 6) is 0.355. The zero-order valence-electron chi connectivity index (χ0n) is 16.3. The maximum absolute atomic E-state index is 13.3. The van der Waals surface area contributed by atoms with Crippen molar-refractivity contribution in [3.8, 4) is 5.75 Å². The third-order valence-electron chi connectivity index (χ3n) is 4.88. The fourth-order valence-corrected chi connectivity index (χ4v) is 4.19. The summed E-state index contributed by atoms with van der Waals surface area (Å²) < 4.78 is 20.8. The third kappa shape index (κ3) is 5.35. The minimum Gasteiger partial charge on any atom is -0.489 e. The average molecular weight is 428 g/mol. The van der Waals surface area contributed by atoms with E-state index >= 15 is 0 Å². The number of aromatic nitrogens is 4. The Kier molecular flexibility index (Phi) is 6.58. The van der Waals surface area contributed by atoms with Crippen molar-refractivity contribution >= 4 is 23.4 Å². The van der Waals surface area contributed by atoms with E-state index in [1.165, 1.54) is 36.7 Å². The summed E-state index contributed by atoms with van der Waals surface area (Å²) in [5, 5.41) is 15.4. The standard InChI is InChI=1S/C21H22FN5O2S/c22-16-6-3-5-15(11-16)13-29-19-10-4-7-17(12-19)23-20(28)14-30-21-24-25-26-27(21)18-8-1-2-9-18/h3-7,10-12,18H,1-2,8-9,13-14H2,(H,23,28). The number of nitrogens with zero attached hydrogens (tertiary/aromatic N) is 4. The molecule has 7 nitrogen and oxygen atoms in total. The second-order valence-corrected chi connectivity index (χ2v) is 8.07. The highest BCUT2D eigenvalue weighted by atomic mass is 32.2. The van der Waals surface area contributed by atoms with Crippen molar-refractivity contribution in [3.05, 3.63) is 59.9 Å². The van der Waals surface area contributed by atoms with E-state index in [0.717, 1.165) is 18.4 Å². The summed E-state index contributed by atoms with van der Waals surface area (Å²) in [5.41, 5.74) is 1.37. The summed E-state index contributed by atoms with van der Waals surface area (Å²) in [6, 6.07) is 13.7. The van der Waals surface area contributed by atoms with Crippen LogP contribution >= 0.6 is 11.8 Å². The number of carbonyl (C=O) groups excluding carboxylic acids is 1. The molecule has 0 bridgehead atoms. The van der Waals surface area contributed by atoms with Crippen LogP contribution in [0.2, 0.25) is 0 Å². The number of amides is 1. The Hall–Kier alpha value is -2.94. The number of thioether (sulfide) groups is 1. The van der Waals surface area contributed by atoms with Gasteiger partial charge in [-0.1, -0.05) is 42.8 Å². The predicted molar refractivity (Wildman–Crippen MR) is 112 cm³/mol. The second-order valence-electron chi connectivity index (χ2n) is 7.13. The van der Waals surface area contributed by atoms with Gasteiger partial charge in [0.1, 0.15) is 18.2 Å². The first-order valence-electron chi connectivity index (χ1n) is 9.85. The lowest BCUT2D eigenvalue weighted by Gasteiger charge is -2.11. The number of ether oxygens (including phenoxy) is 1. The van der Waals surface area contributed by atoms with Gasteiger partial charge in [-0.25, -0.2) is 9.07 Å². The van der Waals surface area contributed by atoms with Gasteiger partial charge in [-0.2, -0.15) is 0 Å². The van der Waals surface area contributed by atoms with Crippen LogP contribution in [0.4, 0.5) is 10.1 Å². The Morgan fingerprint density at radius 2 is 2.03 bits per heavy atom. The van der Waals surface area contributed by atoms with Crippen LogP contribution in [-0.2, 0) is 11.4 Å². The Balaban J connectivity index is 1.29. The third-order valence-corrected chi connectivity index (χ3v) is 5.81. The molecule has 1 aromatic heterocycles. The highest BCUT2D eigenvalue weighted by molar-refractivity contribution is 7.99. The largest absolute Gasteiger partial charge is 0.489 e. The number of hydrogen-bond donors (Lipinski definition) is 1. The normalized spacial score (nSPS) is 14.0. The van der Waals surface area contributed by atoms with E-state index in [1.807, 2.05) is 4.68 Å². The maximum Gasteiger partial charge on any atom is 0.234 e. The van der Waals surface area contributed by atoms with Crippen LogP contribution < -0.4 is 10.1 Å². The Bertz CT molecular complexity index is 1010. The lowest BCUT2D eigenvalue weighted by atomic mass is 10.2. The molecule has 1 N–H and O–H groups in total. The van der Waals surface area contributed by atoms with Crippen molar-refractivity contribution < 1.29 is 13.9 Å². The number of halogens is 1. The van der Waals surface area contributed by atoms with E-state index in [-0.39, 0.29) is 24.1 Å². The highest BCUT2D eigenvalue weighted by Crippen LogP contribution is 2.31. The van der Waals surface area contributed by atoms with Crippen LogP contribution in [0.15, 0.2) is 53.7 Å². The number of hydrogen-bond acceptors (Lipinski definition) is 6. The van der Waals surface area contributed by atoms with Crippen molar-refractivity contribution in [2.45, 2.75) is 43.5 Å². The maximum atomic E-state index is 13.3. The van der Waals surface area contributed by atoms with Gasteiger partial charge >= 0.3 is 0 Å². The molecule has 30 heavy (non-hydrogen) atoms. The van der Waals surface area contributed by atoms with E-state index in [4.69, 9.17) is 4.74 Å². The van der Waals surface area contributed by atoms with Crippen LogP contribution in [-0.4, -0.2) is 31.9 Å². The first kappa shape index (κ1) is 20.3. The summed E-state index contributed by atoms with van der Waals surface area (Å²) in [6.45, 7) is 0.245. The molecule has 9 heteroatoms. The van der Waals surface area contributed by atoms with Gasteiger partial charge in [0.15, 0.2) is 0 Å². The molecule has 0 spiro atoms. The Labute approximate surface area is 178 Å². The highest BCUT2D eigenvalue weighted by Gasteiger charge is 2.22. The number of anilines is 1. The predicted octanol–water partition coefficient (Wildman–Crippen LogP) is 4.24. The SMILES string of the molecule is O=C(CSc1nnnn1C1CCCC1)Nc1cccc(OCc2cccc(F)c2)c1. The number of benzene rings is 2. The molecule has 0 unspecified atom stereocenters. The minimum atomic E-state index is -0.298. The van der Waals surface area contributed by atoms with Gasteiger partial charge < -0.3 is 10.1 Å². The number of carbonyl (C=O) groups is 1. The molecule has 156 valence electrons. The van der Waals surface area contributed by atoms with Crippen LogP contribution in [0.3, 0.4) is 0 Å². The van der Waals surface area contributed by atoms with Crippen molar-refractivity contribution in [3.63, 3.8) is 0 Å². The monoisotopic (exact) mass is 427 g/mol. The zero-order valence-corrected chi connectivity index (χ0v) is 17.1. The van der Waals surface area contributed by atoms with Gasteiger partial charge in [0.25, 0.3) is 0 Å². The summed E-state index contributed by atoms with van der Waals surface area (Å²) in [6.07, 6.45) is 4.53. The van der Waals surface area contributed by atoms with Gasteiger partial charge in [0.05, 0.1) is 11.8 Å². The first-order valence-corrected chi connectivity index (χ1v) is 10.8. The van der Waals surface area contributed by atoms with Gasteiger partial charge in [0, 0.05) is 11.8 Å². The van der Waals surface area contributed by atoms with E-state index in [0.29, 0.717) is 22.6 Å². The molecule has 3 aromatic rings. The quantitative estimate of drug-likeness (QED) is 0.542. The fraction of sp³-hybridized carbons (Fsp3) is 0.333. The molecule has 2 aromatic carbocycles. The molecule has 0 saturated heterocycles. The van der Waals surface area contributed by atoms with Crippen molar-refractivity contribution in [1.29, 1.82) is 0 Å². The van der Waals surface area contributed by atoms with Crippen molar-refractivity contribution in [2.24, 2.45) is 0 Å². The molecule has 1 saturated carbocycles. The molecular formula is C21H22FN5O2S. The second kappa shape index (κ2) is 9.71. The molecule has 0 atom stereocenters. The van der Waals surface area contributed by atoms with Gasteiger partial charge in [-0.15, -0.1) is 5.10 Å². The van der Waals surface area contributed by atoms with Crippen molar-refractivity contribution in [2.75, 3.05) is 11.1 Å². The van der Waals surface area contributed by atoms with Crippen molar-refractivity contribution in [1.82, 2.24) is 20.2 Å². The van der Waals surface area contributed by atoms with Crippen LogP contribution in [0.1, 0.15) is 37.3 Å². The average Bonchev–Trinajstić information content (AvgIpc) is 3.42. The number of nitrogens with one attached hydrogen (secondary N) is 1. The van der Waals surface area contributed by atoms with Gasteiger partial charge in [-0.05, 0) is 53.1 Å². The minimum absolute atomic E-state index is 0.150. The summed E-state index contributed by atoms with van der Waals surface area (Å²) in [7, 11) is 0. The smallest absolute Gasteiger partial charge is 0.234 e. The topological polar surface area (TPSA) is 81.9 Å². The molecular weight excluding hydrogens is 405 g/mol. The molecule has 1 aliphatic carbocycles. The molecule has 1 fully saturated rings. The van der Waals surface area contributed by atoms with E-state index in [9.17, 15) is 9.18 Å². The molecule has 1 amide bonds. The lowest BCUT2D eigenvalue weighted by molar-refractivity contribution is -0.113. The Morgan fingerprint density at radius 3 is 2.87 bits per heavy atom. The number of rotatable bonds is 8. The van der Waals surface area contributed by atoms with Crippen LogP contribution in [0.5, 0.6) is 5.75 Å². The van der Waals surface area contributed by atoms with Crippen LogP contribution in [0, 0.1) is 5.82 Å². The Morgan fingerprint density at radius 1 is 1.20 bits per heavy atom. The summed E-state index contributed by atoms with van der Waals surface area (Å²) >= 11 is 1.33. The van der Waals surface area contributed by atoms with E-state index < -0.39 is 0 Å². The molecule has 0 aliphatic heterocycles. The first-order chi connectivity index (χ1) is 14.7. The summed E-state index contributed by atoms with van der Waals surface area (Å²) in [4.78, 5) is 12.4. The van der Waals surface area contributed by atoms with Gasteiger partial charge in [0.2, 0.25) is 11.1 Å². The van der Waals surface area contributed by atoms with E-state index in [1.54, 1.807) is 36.4 Å². The van der Waals surface area contributed by atoms with Gasteiger partial charge in [-0.3, -0.25) is 4.79 Å². The van der Waals surface area contributed by atoms with Crippen LogP contribution in [0.25, 0.3) is 0 Å². The lowest BCUT2D eigenvalue weighted by Crippen LogP contribution is -2.15.